The Kier molecular flexibility index (Phi) is 41.4. The Morgan fingerprint density at radius 2 is 0.750 bits per heavy atom. The van der Waals surface area contributed by atoms with Gasteiger partial charge >= 0.3 is 55.6 Å². The van der Waals surface area contributed by atoms with Gasteiger partial charge in [-0.2, -0.15) is 119 Å². The topological polar surface area (TPSA) is 0 Å². The monoisotopic (exact) mass is 1190 g/mol. The molecule has 0 N–H and O–H groups in total. The molecular weight excluding hydrogens is 1100 g/mol. The normalized spacial score (nSPS) is 14.4. The summed E-state index contributed by atoms with van der Waals surface area (Å²) in [7, 11) is 0. The predicted molar refractivity (Wildman–Crippen MR) is 244 cm³/mol. The third-order valence-electron chi connectivity index (χ3n) is 12.3. The lowest BCUT2D eigenvalue weighted by Gasteiger charge is -2.31. The van der Waals surface area contributed by atoms with Crippen molar-refractivity contribution in [1.82, 2.24) is 0 Å². The SMILES string of the molecule is CC(C)C(C)(C)C(F)(F)F.CC(C)CC(C(F)(F)F)C(F)(F)F.CCC(C)(C)CC(F)(F)F.CCC(CC)CC(F)(F)F.CCCC(C)(C)C(F)(F)F.CCCCC(C(F)(F)F)C(F)(F)F.CC[C@H](C)C(C)C(F)(F)F. The van der Waals surface area contributed by atoms with Gasteiger partial charge in [-0.25, -0.2) is 0 Å². The molecule has 0 aromatic carbocycles. The molecule has 0 spiro atoms. The zero-order chi connectivity index (χ0) is 63.5. The van der Waals surface area contributed by atoms with E-state index in [0.29, 0.717) is 38.5 Å². The fourth-order valence-corrected chi connectivity index (χ4v) is 5.19. The Labute approximate surface area is 433 Å². The smallest absolute Gasteiger partial charge is 0.171 e. The molecule has 0 saturated heterocycles. The highest BCUT2D eigenvalue weighted by atomic mass is 19.4. The van der Waals surface area contributed by atoms with E-state index in [1.807, 2.05) is 0 Å². The highest BCUT2D eigenvalue weighted by Crippen LogP contribution is 2.45. The van der Waals surface area contributed by atoms with Crippen molar-refractivity contribution in [2.75, 3.05) is 0 Å². The van der Waals surface area contributed by atoms with Crippen molar-refractivity contribution in [2.45, 2.75) is 257 Å². The number of alkyl halides is 27. The van der Waals surface area contributed by atoms with Crippen molar-refractivity contribution < 1.29 is 119 Å². The van der Waals surface area contributed by atoms with Gasteiger partial charge < -0.3 is 0 Å². The molecule has 0 amide bonds. The number of hydrogen-bond acceptors (Lipinski definition) is 0. The Hall–Kier alpha value is -1.89. The molecule has 0 saturated carbocycles. The molecule has 0 aliphatic heterocycles. The van der Waals surface area contributed by atoms with Crippen LogP contribution < -0.4 is 0 Å². The van der Waals surface area contributed by atoms with Gasteiger partial charge in [0.2, 0.25) is 0 Å². The molecule has 0 radical (unpaired) electrons. The molecule has 76 heavy (non-hydrogen) atoms. The van der Waals surface area contributed by atoms with Crippen molar-refractivity contribution >= 4 is 0 Å². The van der Waals surface area contributed by atoms with E-state index in [4.69, 9.17) is 0 Å². The first-order chi connectivity index (χ1) is 32.9. The molecule has 0 heterocycles. The first-order valence-electron chi connectivity index (χ1n) is 24.5. The maximum absolute atomic E-state index is 12.1. The number of hydrogen-bond donors (Lipinski definition) is 0. The maximum Gasteiger partial charge on any atom is 0.400 e. The van der Waals surface area contributed by atoms with Crippen molar-refractivity contribution in [2.24, 2.45) is 57.7 Å². The first kappa shape index (κ1) is 88.0. The van der Waals surface area contributed by atoms with Crippen molar-refractivity contribution in [3.05, 3.63) is 0 Å². The summed E-state index contributed by atoms with van der Waals surface area (Å²) >= 11 is 0. The van der Waals surface area contributed by atoms with Crippen LogP contribution in [0.2, 0.25) is 0 Å². The third kappa shape index (κ3) is 47.0. The first-order valence-corrected chi connectivity index (χ1v) is 24.5. The lowest BCUT2D eigenvalue weighted by molar-refractivity contribution is -0.288. The summed E-state index contributed by atoms with van der Waals surface area (Å²) in [6.07, 6.45) is -40.5. The fraction of sp³-hybridized carbons (Fsp3) is 1.00. The molecule has 0 fully saturated rings. The van der Waals surface area contributed by atoms with Crippen LogP contribution in [0.15, 0.2) is 0 Å². The van der Waals surface area contributed by atoms with E-state index in [9.17, 15) is 119 Å². The summed E-state index contributed by atoms with van der Waals surface area (Å²) < 4.78 is 320. The summed E-state index contributed by atoms with van der Waals surface area (Å²) in [6.45, 7) is 27.2. The summed E-state index contributed by atoms with van der Waals surface area (Å²) in [5.41, 5.74) is -3.67. The number of rotatable bonds is 15. The van der Waals surface area contributed by atoms with Gasteiger partial charge in [-0.05, 0) is 48.3 Å². The minimum atomic E-state index is -5.19. The Balaban J connectivity index is -0.000000147. The van der Waals surface area contributed by atoms with Gasteiger partial charge in [0.15, 0.2) is 11.8 Å². The maximum atomic E-state index is 12.1. The van der Waals surface area contributed by atoms with Crippen LogP contribution in [-0.2, 0) is 0 Å². The average molecular weight is 1190 g/mol. The zero-order valence-electron chi connectivity index (χ0n) is 46.7. The quantitative estimate of drug-likeness (QED) is 0.143. The van der Waals surface area contributed by atoms with E-state index >= 15 is 0 Å². The molecule has 0 aromatic heterocycles. The Morgan fingerprint density at radius 3 is 0.855 bits per heavy atom. The molecule has 0 rings (SSSR count). The minimum Gasteiger partial charge on any atom is -0.171 e. The molecular formula is C49H85F27. The molecule has 27 heteroatoms. The van der Waals surface area contributed by atoms with Crippen LogP contribution in [0.4, 0.5) is 119 Å². The van der Waals surface area contributed by atoms with Gasteiger partial charge in [0.25, 0.3) is 0 Å². The summed E-state index contributed by atoms with van der Waals surface area (Å²) in [5.74, 6) is -8.97. The van der Waals surface area contributed by atoms with E-state index in [2.05, 4.69) is 0 Å². The molecule has 0 aliphatic rings. The van der Waals surface area contributed by atoms with Crippen molar-refractivity contribution in [3.63, 3.8) is 0 Å². The number of unbranched alkanes of at least 4 members (excludes halogenated alkanes) is 1. The molecule has 1 unspecified atom stereocenters. The van der Waals surface area contributed by atoms with E-state index < -0.39 is 121 Å². The van der Waals surface area contributed by atoms with Crippen LogP contribution >= 0.6 is 0 Å². The van der Waals surface area contributed by atoms with Crippen LogP contribution in [0.1, 0.15) is 202 Å². The summed E-state index contributed by atoms with van der Waals surface area (Å²) in [4.78, 5) is 0. The fourth-order valence-electron chi connectivity index (χ4n) is 5.19. The average Bonchev–Trinajstić information content (AvgIpc) is 3.15. The molecule has 470 valence electrons. The largest absolute Gasteiger partial charge is 0.400 e. The van der Waals surface area contributed by atoms with Crippen LogP contribution in [-0.4, -0.2) is 55.6 Å². The Morgan fingerprint density at radius 1 is 0.395 bits per heavy atom. The summed E-state index contributed by atoms with van der Waals surface area (Å²) in [5, 5.41) is 0. The van der Waals surface area contributed by atoms with Gasteiger partial charge in [0, 0.05) is 12.8 Å². The van der Waals surface area contributed by atoms with Gasteiger partial charge in [-0.3, -0.25) is 0 Å². The lowest BCUT2D eigenvalue weighted by atomic mass is 9.81. The van der Waals surface area contributed by atoms with Gasteiger partial charge in [-0.1, -0.05) is 170 Å². The molecule has 0 bridgehead atoms. The molecule has 2 atom stereocenters. The summed E-state index contributed by atoms with van der Waals surface area (Å²) in [6, 6.07) is 0. The van der Waals surface area contributed by atoms with Crippen molar-refractivity contribution in [1.29, 1.82) is 0 Å². The van der Waals surface area contributed by atoms with E-state index in [-0.39, 0.29) is 30.6 Å². The van der Waals surface area contributed by atoms with Crippen LogP contribution in [0, 0.1) is 57.7 Å². The zero-order valence-corrected chi connectivity index (χ0v) is 46.7. The lowest BCUT2D eigenvalue weighted by Crippen LogP contribution is -2.37. The van der Waals surface area contributed by atoms with E-state index in [0.717, 1.165) is 0 Å². The highest BCUT2D eigenvalue weighted by Gasteiger charge is 2.57. The van der Waals surface area contributed by atoms with E-state index in [1.165, 1.54) is 48.5 Å². The second kappa shape index (κ2) is 35.8. The minimum absolute atomic E-state index is 0.0658. The van der Waals surface area contributed by atoms with Crippen LogP contribution in [0.25, 0.3) is 0 Å². The Bertz CT molecular complexity index is 1340. The second-order valence-electron chi connectivity index (χ2n) is 21.1. The van der Waals surface area contributed by atoms with Gasteiger partial charge in [0.1, 0.15) is 0 Å². The third-order valence-corrected chi connectivity index (χ3v) is 12.3. The van der Waals surface area contributed by atoms with Crippen molar-refractivity contribution in [3.8, 4) is 0 Å². The molecule has 0 aromatic rings. The highest BCUT2D eigenvalue weighted by molar-refractivity contribution is 4.80. The van der Waals surface area contributed by atoms with Gasteiger partial charge in [0.05, 0.1) is 16.7 Å². The van der Waals surface area contributed by atoms with Gasteiger partial charge in [-0.15, -0.1) is 0 Å². The second-order valence-corrected chi connectivity index (χ2v) is 21.1. The molecule has 0 aliphatic carbocycles. The van der Waals surface area contributed by atoms with Crippen LogP contribution in [0.3, 0.4) is 0 Å². The number of halogens is 27. The standard InChI is InChI=1S/2C7H10F6.5C7H13F3/c1-4(2)3-5(6(8,9)10)7(11,12)13;1-2-3-4-5(6(8,9)10)7(11,12)13;1-5(2)6(3,4)7(8,9)10;1-4-6(2,3)5-7(8,9)10;1-4-5-6(2,3)7(8,9)10;1-4-5(2)6(3)7(8,9)10;1-3-6(4-2)5-7(8,9)10/h4-5H,3H2,1-2H3;5H,2-4H2,1H3;5H,1-4H3;2*4-5H2,1-3H3;5-6H,4H2,1-3H3;6H,3-5H2,1-2H3/t;;;;;5-,6?;/m.....0./s1. The molecule has 0 nitrogen and oxygen atoms in total. The van der Waals surface area contributed by atoms with E-state index in [1.54, 1.807) is 76.2 Å². The van der Waals surface area contributed by atoms with Crippen LogP contribution in [0.5, 0.6) is 0 Å². The predicted octanol–water partition coefficient (Wildman–Crippen LogP) is 24.3.